The molecule has 1 unspecified atom stereocenters. The van der Waals surface area contributed by atoms with Gasteiger partial charge in [0.05, 0.1) is 50.2 Å². The van der Waals surface area contributed by atoms with Crippen LogP contribution in [0.1, 0.15) is 11.5 Å². The van der Waals surface area contributed by atoms with Crippen LogP contribution >= 0.6 is 11.3 Å². The third-order valence-corrected chi connectivity index (χ3v) is 7.72. The molecule has 0 amide bonds. The third-order valence-electron chi connectivity index (χ3n) is 6.83. The van der Waals surface area contributed by atoms with Crippen LogP contribution in [0.4, 0.5) is 5.69 Å². The van der Waals surface area contributed by atoms with Crippen LogP contribution in [0.3, 0.4) is 0 Å². The number of nitriles is 1. The zero-order valence-electron chi connectivity index (χ0n) is 23.0. The molecule has 9 nitrogen and oxygen atoms in total. The molecular formula is C32H26N4O5S. The smallest absolute Gasteiger partial charge is 0.355 e. The Balaban J connectivity index is 1.66. The lowest BCUT2D eigenvalue weighted by molar-refractivity contribution is -0.139. The van der Waals surface area contributed by atoms with Gasteiger partial charge in [-0.05, 0) is 29.8 Å². The van der Waals surface area contributed by atoms with Gasteiger partial charge in [0.2, 0.25) is 0 Å². The number of esters is 2. The number of carbonyl (C=O) groups is 2. The van der Waals surface area contributed by atoms with Crippen LogP contribution in [0.25, 0.3) is 21.8 Å². The van der Waals surface area contributed by atoms with E-state index in [1.807, 2.05) is 41.8 Å². The van der Waals surface area contributed by atoms with Gasteiger partial charge in [-0.3, -0.25) is 4.90 Å². The van der Waals surface area contributed by atoms with Crippen LogP contribution in [0, 0.1) is 11.3 Å². The molecule has 1 aliphatic heterocycles. The fourth-order valence-corrected chi connectivity index (χ4v) is 5.71. The molecular weight excluding hydrogens is 552 g/mol. The molecule has 0 spiro atoms. The molecule has 0 saturated heterocycles. The molecule has 5 rings (SSSR count). The lowest BCUT2D eigenvalue weighted by atomic mass is 9.81. The minimum absolute atomic E-state index is 0.00670. The van der Waals surface area contributed by atoms with E-state index in [2.05, 4.69) is 6.07 Å². The lowest BCUT2D eigenvalue weighted by Crippen LogP contribution is -2.40. The molecule has 0 radical (unpaired) electrons. The largest absolute Gasteiger partial charge is 0.497 e. The number of thiazole rings is 1. The van der Waals surface area contributed by atoms with Crippen LogP contribution in [0.15, 0.2) is 107 Å². The van der Waals surface area contributed by atoms with E-state index in [1.165, 1.54) is 30.5 Å². The predicted molar refractivity (Wildman–Crippen MR) is 159 cm³/mol. The highest BCUT2D eigenvalue weighted by Crippen LogP contribution is 2.44. The summed E-state index contributed by atoms with van der Waals surface area (Å²) in [6.45, 7) is 0. The Morgan fingerprint density at radius 1 is 0.929 bits per heavy atom. The van der Waals surface area contributed by atoms with E-state index in [4.69, 9.17) is 24.9 Å². The maximum atomic E-state index is 13.4. The van der Waals surface area contributed by atoms with Crippen molar-refractivity contribution < 1.29 is 23.8 Å². The van der Waals surface area contributed by atoms with Gasteiger partial charge >= 0.3 is 11.9 Å². The van der Waals surface area contributed by atoms with Crippen molar-refractivity contribution in [2.45, 2.75) is 5.92 Å². The maximum absolute atomic E-state index is 13.4. The van der Waals surface area contributed by atoms with E-state index in [9.17, 15) is 14.9 Å². The summed E-state index contributed by atoms with van der Waals surface area (Å²) in [5, 5.41) is 12.9. The fourth-order valence-electron chi connectivity index (χ4n) is 4.88. The fraction of sp³-hybridized carbons (Fsp3) is 0.125. The third kappa shape index (κ3) is 5.09. The summed E-state index contributed by atoms with van der Waals surface area (Å²) >= 11 is 1.45. The summed E-state index contributed by atoms with van der Waals surface area (Å²) in [5.41, 5.74) is 9.99. The van der Waals surface area contributed by atoms with E-state index in [1.54, 1.807) is 49.6 Å². The molecule has 1 atom stereocenters. The normalized spacial score (nSPS) is 14.8. The van der Waals surface area contributed by atoms with Gasteiger partial charge in [-0.25, -0.2) is 14.6 Å². The highest BCUT2D eigenvalue weighted by Gasteiger charge is 2.43. The highest BCUT2D eigenvalue weighted by atomic mass is 32.1. The van der Waals surface area contributed by atoms with Crippen LogP contribution in [0.5, 0.6) is 5.75 Å². The van der Waals surface area contributed by atoms with Gasteiger partial charge < -0.3 is 19.9 Å². The van der Waals surface area contributed by atoms with Crippen molar-refractivity contribution in [3.63, 3.8) is 0 Å². The van der Waals surface area contributed by atoms with Crippen molar-refractivity contribution in [3.8, 4) is 33.6 Å². The average molecular weight is 579 g/mol. The topological polar surface area (TPSA) is 128 Å². The highest BCUT2D eigenvalue weighted by molar-refractivity contribution is 7.13. The van der Waals surface area contributed by atoms with Gasteiger partial charge in [-0.15, -0.1) is 11.3 Å². The Kier molecular flexibility index (Phi) is 8.04. The molecule has 210 valence electrons. The Morgan fingerprint density at radius 3 is 2.33 bits per heavy atom. The van der Waals surface area contributed by atoms with E-state index >= 15 is 0 Å². The Morgan fingerprint density at radius 2 is 1.64 bits per heavy atom. The molecule has 4 aromatic rings. The molecule has 1 aliphatic rings. The molecule has 0 saturated carbocycles. The number of methoxy groups -OCH3 is 3. The summed E-state index contributed by atoms with van der Waals surface area (Å²) in [6, 6.07) is 25.8. The first-order chi connectivity index (χ1) is 20.4. The second-order valence-electron chi connectivity index (χ2n) is 9.16. The monoisotopic (exact) mass is 578 g/mol. The molecule has 0 fully saturated rings. The Hall–Kier alpha value is -5.40. The van der Waals surface area contributed by atoms with E-state index < -0.39 is 17.9 Å². The number of benzene rings is 3. The van der Waals surface area contributed by atoms with Crippen LogP contribution in [-0.4, -0.2) is 38.3 Å². The summed E-state index contributed by atoms with van der Waals surface area (Å²) in [7, 11) is 4.04. The van der Waals surface area contributed by atoms with Crippen LogP contribution in [-0.2, 0) is 19.1 Å². The standard InChI is InChI=1S/C32H26N4O5S/c1-39-23-14-8-11-20(16-23)25-18-42-30(35-25)21-12-7-13-22(15-21)36-28(32(38)41-3)27(31(37)40-2)26(24(17-33)29(36)34)19-9-5-4-6-10-19/h4-16,18,26H,34H2,1-3H3. The number of hydrogen-bond donors (Lipinski definition) is 1. The first kappa shape index (κ1) is 28.1. The molecule has 10 heteroatoms. The zero-order chi connectivity index (χ0) is 29.8. The number of hydrogen-bond acceptors (Lipinski definition) is 10. The quantitative estimate of drug-likeness (QED) is 0.287. The minimum Gasteiger partial charge on any atom is -0.497 e. The molecule has 2 heterocycles. The van der Waals surface area contributed by atoms with Crippen molar-refractivity contribution in [2.24, 2.45) is 5.73 Å². The molecule has 42 heavy (non-hydrogen) atoms. The number of aromatic nitrogens is 1. The summed E-state index contributed by atoms with van der Waals surface area (Å²) < 4.78 is 15.6. The van der Waals surface area contributed by atoms with Gasteiger partial charge in [0.25, 0.3) is 0 Å². The van der Waals surface area contributed by atoms with E-state index in [-0.39, 0.29) is 22.7 Å². The van der Waals surface area contributed by atoms with Gasteiger partial charge in [0.1, 0.15) is 22.3 Å². The van der Waals surface area contributed by atoms with Crippen LogP contribution < -0.4 is 15.4 Å². The molecule has 0 bridgehead atoms. The van der Waals surface area contributed by atoms with Crippen molar-refractivity contribution in [2.75, 3.05) is 26.2 Å². The molecule has 3 aromatic carbocycles. The lowest BCUT2D eigenvalue weighted by Gasteiger charge is -2.36. The average Bonchev–Trinajstić information content (AvgIpc) is 3.54. The van der Waals surface area contributed by atoms with Crippen LogP contribution in [0.2, 0.25) is 0 Å². The summed E-state index contributed by atoms with van der Waals surface area (Å²) in [5.74, 6) is -1.82. The number of carbonyl (C=O) groups excluding carboxylic acids is 2. The van der Waals surface area contributed by atoms with Crippen molar-refractivity contribution in [1.29, 1.82) is 5.26 Å². The van der Waals surface area contributed by atoms with Gasteiger partial charge in [-0.2, -0.15) is 5.26 Å². The number of nitrogens with zero attached hydrogens (tertiary/aromatic N) is 3. The summed E-state index contributed by atoms with van der Waals surface area (Å²) in [4.78, 5) is 32.8. The second kappa shape index (κ2) is 12.0. The van der Waals surface area contributed by atoms with Gasteiger partial charge in [0, 0.05) is 22.2 Å². The number of nitrogens with two attached hydrogens (primary N) is 1. The summed E-state index contributed by atoms with van der Waals surface area (Å²) in [6.07, 6.45) is 0. The number of allylic oxidation sites excluding steroid dienone is 1. The molecule has 0 aliphatic carbocycles. The Bertz CT molecular complexity index is 1770. The SMILES string of the molecule is COC(=O)C1=C(C(=O)OC)N(c2cccc(-c3nc(-c4cccc(OC)c4)cs3)c2)C(N)=C(C#N)C1c1ccccc1. The number of ether oxygens (including phenoxy) is 3. The van der Waals surface area contributed by atoms with Crippen molar-refractivity contribution in [1.82, 2.24) is 4.98 Å². The Labute approximate surface area is 246 Å². The predicted octanol–water partition coefficient (Wildman–Crippen LogP) is 5.38. The molecule has 1 aromatic heterocycles. The molecule has 2 N–H and O–H groups in total. The van der Waals surface area contributed by atoms with E-state index in [0.29, 0.717) is 16.3 Å². The number of anilines is 1. The first-order valence-electron chi connectivity index (χ1n) is 12.8. The van der Waals surface area contributed by atoms with Crippen molar-refractivity contribution in [3.05, 3.63) is 112 Å². The zero-order valence-corrected chi connectivity index (χ0v) is 23.8. The maximum Gasteiger partial charge on any atom is 0.355 e. The minimum atomic E-state index is -0.943. The number of rotatable bonds is 7. The van der Waals surface area contributed by atoms with Gasteiger partial charge in [-0.1, -0.05) is 54.6 Å². The first-order valence-corrected chi connectivity index (χ1v) is 13.7. The second-order valence-corrected chi connectivity index (χ2v) is 10.0. The van der Waals surface area contributed by atoms with E-state index in [0.717, 1.165) is 22.6 Å². The van der Waals surface area contributed by atoms with Gasteiger partial charge in [0.15, 0.2) is 0 Å². The van der Waals surface area contributed by atoms with Crippen molar-refractivity contribution >= 4 is 29.0 Å².